The van der Waals surface area contributed by atoms with Gasteiger partial charge in [-0.25, -0.2) is 9.97 Å². The second kappa shape index (κ2) is 6.83. The van der Waals surface area contributed by atoms with Crippen molar-refractivity contribution in [2.75, 3.05) is 23.7 Å². The summed E-state index contributed by atoms with van der Waals surface area (Å²) in [6, 6.07) is 1.91. The summed E-state index contributed by atoms with van der Waals surface area (Å²) in [6.07, 6.45) is 2.07. The molecule has 0 unspecified atom stereocenters. The highest BCUT2D eigenvalue weighted by molar-refractivity contribution is 5.47. The molecular formula is C13H20N6O. The Kier molecular flexibility index (Phi) is 4.86. The van der Waals surface area contributed by atoms with Crippen LogP contribution in [0.1, 0.15) is 38.4 Å². The van der Waals surface area contributed by atoms with Crippen molar-refractivity contribution in [3.63, 3.8) is 0 Å². The summed E-state index contributed by atoms with van der Waals surface area (Å²) in [5.74, 6) is 3.36. The highest BCUT2D eigenvalue weighted by atomic mass is 16.5. The standard InChI is InChI=1S/C13H20N6O/c1-4-14-10-7-11(19-13(18-10)9(2)3)15-6-5-12-16-8-17-20-12/h7-9H,4-6H2,1-3H3,(H2,14,15,18,19). The molecule has 2 heterocycles. The molecule has 7 nitrogen and oxygen atoms in total. The zero-order valence-corrected chi connectivity index (χ0v) is 12.1. The highest BCUT2D eigenvalue weighted by Gasteiger charge is 2.08. The van der Waals surface area contributed by atoms with Gasteiger partial charge in [0.2, 0.25) is 5.89 Å². The Hall–Kier alpha value is -2.18. The van der Waals surface area contributed by atoms with Crippen LogP contribution in [-0.4, -0.2) is 33.2 Å². The molecule has 2 N–H and O–H groups in total. The fourth-order valence-corrected chi connectivity index (χ4v) is 1.69. The van der Waals surface area contributed by atoms with Crippen molar-refractivity contribution in [1.29, 1.82) is 0 Å². The van der Waals surface area contributed by atoms with E-state index in [0.717, 1.165) is 24.0 Å². The minimum absolute atomic E-state index is 0.282. The zero-order valence-electron chi connectivity index (χ0n) is 12.1. The van der Waals surface area contributed by atoms with E-state index in [2.05, 4.69) is 44.6 Å². The molecule has 0 aliphatic rings. The quantitative estimate of drug-likeness (QED) is 0.800. The molecule has 0 spiro atoms. The van der Waals surface area contributed by atoms with Gasteiger partial charge in [-0.15, -0.1) is 0 Å². The molecule has 2 aromatic rings. The molecule has 0 fully saturated rings. The summed E-state index contributed by atoms with van der Waals surface area (Å²) in [5, 5.41) is 10.0. The molecule has 108 valence electrons. The molecular weight excluding hydrogens is 256 g/mol. The first-order chi connectivity index (χ1) is 9.69. The average molecular weight is 276 g/mol. The molecule has 2 aromatic heterocycles. The van der Waals surface area contributed by atoms with E-state index in [1.807, 2.05) is 13.0 Å². The van der Waals surface area contributed by atoms with E-state index in [9.17, 15) is 0 Å². The number of nitrogens with zero attached hydrogens (tertiary/aromatic N) is 4. The van der Waals surface area contributed by atoms with Gasteiger partial charge in [-0.3, -0.25) is 0 Å². The van der Waals surface area contributed by atoms with Crippen molar-refractivity contribution in [2.45, 2.75) is 33.1 Å². The first-order valence-electron chi connectivity index (χ1n) is 6.81. The molecule has 0 aliphatic heterocycles. The van der Waals surface area contributed by atoms with Gasteiger partial charge in [-0.1, -0.05) is 19.0 Å². The molecule has 0 bridgehead atoms. The van der Waals surface area contributed by atoms with Gasteiger partial charge >= 0.3 is 0 Å². The molecule has 0 saturated carbocycles. The van der Waals surface area contributed by atoms with E-state index in [4.69, 9.17) is 4.52 Å². The molecule has 0 radical (unpaired) electrons. The molecule has 0 amide bonds. The number of hydrogen-bond acceptors (Lipinski definition) is 7. The normalized spacial score (nSPS) is 10.8. The predicted octanol–water partition coefficient (Wildman–Crippen LogP) is 2.07. The Morgan fingerprint density at radius 2 is 1.95 bits per heavy atom. The maximum absolute atomic E-state index is 4.95. The average Bonchev–Trinajstić information content (AvgIpc) is 2.92. The van der Waals surface area contributed by atoms with Crippen LogP contribution in [0, 0.1) is 0 Å². The van der Waals surface area contributed by atoms with Crippen LogP contribution in [0.4, 0.5) is 11.6 Å². The van der Waals surface area contributed by atoms with Crippen LogP contribution in [0.15, 0.2) is 16.9 Å². The van der Waals surface area contributed by atoms with Gasteiger partial charge in [0, 0.05) is 31.5 Å². The second-order valence-corrected chi connectivity index (χ2v) is 4.69. The van der Waals surface area contributed by atoms with Gasteiger partial charge in [-0.2, -0.15) is 4.98 Å². The lowest BCUT2D eigenvalue weighted by atomic mass is 10.2. The van der Waals surface area contributed by atoms with Crippen molar-refractivity contribution in [3.05, 3.63) is 24.1 Å². The molecule has 7 heteroatoms. The van der Waals surface area contributed by atoms with Crippen molar-refractivity contribution < 1.29 is 4.52 Å². The minimum atomic E-state index is 0.282. The van der Waals surface area contributed by atoms with Crippen molar-refractivity contribution in [3.8, 4) is 0 Å². The molecule has 20 heavy (non-hydrogen) atoms. The first kappa shape index (κ1) is 14.2. The predicted molar refractivity (Wildman–Crippen MR) is 76.8 cm³/mol. The smallest absolute Gasteiger partial charge is 0.228 e. The van der Waals surface area contributed by atoms with E-state index in [1.54, 1.807) is 0 Å². The summed E-state index contributed by atoms with van der Waals surface area (Å²) >= 11 is 0. The van der Waals surface area contributed by atoms with Crippen LogP contribution < -0.4 is 10.6 Å². The Labute approximate surface area is 118 Å². The van der Waals surface area contributed by atoms with Gasteiger partial charge in [-0.05, 0) is 6.92 Å². The van der Waals surface area contributed by atoms with Crippen LogP contribution in [0.2, 0.25) is 0 Å². The highest BCUT2D eigenvalue weighted by Crippen LogP contribution is 2.16. The van der Waals surface area contributed by atoms with E-state index in [-0.39, 0.29) is 5.92 Å². The minimum Gasteiger partial charge on any atom is -0.370 e. The van der Waals surface area contributed by atoms with E-state index in [1.165, 1.54) is 6.33 Å². The third kappa shape index (κ3) is 3.91. The molecule has 0 saturated heterocycles. The number of hydrogen-bond donors (Lipinski definition) is 2. The molecule has 0 aromatic carbocycles. The third-order valence-electron chi connectivity index (χ3n) is 2.67. The summed E-state index contributed by atoms with van der Waals surface area (Å²) < 4.78 is 4.95. The van der Waals surface area contributed by atoms with Crippen LogP contribution >= 0.6 is 0 Å². The largest absolute Gasteiger partial charge is 0.370 e. The SMILES string of the molecule is CCNc1cc(NCCc2ncno2)nc(C(C)C)n1. The Morgan fingerprint density at radius 1 is 1.20 bits per heavy atom. The first-order valence-corrected chi connectivity index (χ1v) is 6.81. The maximum Gasteiger partial charge on any atom is 0.228 e. The Bertz CT molecular complexity index is 526. The van der Waals surface area contributed by atoms with Gasteiger partial charge in [0.15, 0.2) is 6.33 Å². The number of anilines is 2. The summed E-state index contributed by atoms with van der Waals surface area (Å²) in [7, 11) is 0. The van der Waals surface area contributed by atoms with Crippen LogP contribution in [0.25, 0.3) is 0 Å². The lowest BCUT2D eigenvalue weighted by Gasteiger charge is -2.11. The summed E-state index contributed by atoms with van der Waals surface area (Å²) in [5.41, 5.74) is 0. The second-order valence-electron chi connectivity index (χ2n) is 4.69. The maximum atomic E-state index is 4.95. The van der Waals surface area contributed by atoms with Crippen molar-refractivity contribution in [2.24, 2.45) is 0 Å². The van der Waals surface area contributed by atoms with Crippen LogP contribution in [0.5, 0.6) is 0 Å². The van der Waals surface area contributed by atoms with Crippen LogP contribution in [0.3, 0.4) is 0 Å². The van der Waals surface area contributed by atoms with Gasteiger partial charge in [0.05, 0.1) is 0 Å². The fourth-order valence-electron chi connectivity index (χ4n) is 1.69. The van der Waals surface area contributed by atoms with Gasteiger partial charge < -0.3 is 15.2 Å². The fraction of sp³-hybridized carbons (Fsp3) is 0.538. The lowest BCUT2D eigenvalue weighted by molar-refractivity contribution is 0.379. The Morgan fingerprint density at radius 3 is 2.55 bits per heavy atom. The van der Waals surface area contributed by atoms with Gasteiger partial charge in [0.1, 0.15) is 17.5 Å². The van der Waals surface area contributed by atoms with E-state index in [0.29, 0.717) is 18.9 Å². The number of nitrogens with one attached hydrogen (secondary N) is 2. The topological polar surface area (TPSA) is 88.8 Å². The number of aromatic nitrogens is 4. The van der Waals surface area contributed by atoms with Gasteiger partial charge in [0.25, 0.3) is 0 Å². The summed E-state index contributed by atoms with van der Waals surface area (Å²) in [6.45, 7) is 7.71. The molecule has 0 atom stereocenters. The third-order valence-corrected chi connectivity index (χ3v) is 2.67. The van der Waals surface area contributed by atoms with E-state index >= 15 is 0 Å². The monoisotopic (exact) mass is 276 g/mol. The zero-order chi connectivity index (χ0) is 14.4. The van der Waals surface area contributed by atoms with Crippen molar-refractivity contribution >= 4 is 11.6 Å². The van der Waals surface area contributed by atoms with Crippen molar-refractivity contribution in [1.82, 2.24) is 20.1 Å². The number of rotatable bonds is 7. The molecule has 0 aliphatic carbocycles. The Balaban J connectivity index is 2.01. The summed E-state index contributed by atoms with van der Waals surface area (Å²) in [4.78, 5) is 13.0. The van der Waals surface area contributed by atoms with E-state index < -0.39 is 0 Å². The molecule has 2 rings (SSSR count). The lowest BCUT2D eigenvalue weighted by Crippen LogP contribution is -2.11. The van der Waals surface area contributed by atoms with Crippen LogP contribution in [-0.2, 0) is 6.42 Å².